The quantitative estimate of drug-likeness (QED) is 0.468. The number of aliphatic hydroxyl groups is 1. The van der Waals surface area contributed by atoms with Gasteiger partial charge in [-0.15, -0.1) is 0 Å². The smallest absolute Gasteiger partial charge is 0.337 e. The summed E-state index contributed by atoms with van der Waals surface area (Å²) in [5.41, 5.74) is 0.259. The number of allylic oxidation sites excluding steroid dienone is 1. The number of hydrogen-bond acceptors (Lipinski definition) is 7. The molecule has 0 amide bonds. The Morgan fingerprint density at radius 3 is 2.41 bits per heavy atom. The van der Waals surface area contributed by atoms with E-state index in [1.165, 1.54) is 14.0 Å². The molecule has 1 aliphatic heterocycles. The molecule has 200 valence electrons. The Kier molecular flexibility index (Phi) is 6.00. The molecule has 1 saturated heterocycles. The fourth-order valence-electron chi connectivity index (χ4n) is 8.87. The van der Waals surface area contributed by atoms with E-state index in [0.29, 0.717) is 25.0 Å². The van der Waals surface area contributed by atoms with Crippen molar-refractivity contribution in [1.29, 1.82) is 0 Å². The van der Waals surface area contributed by atoms with Crippen LogP contribution in [-0.4, -0.2) is 54.4 Å². The second-order valence-electron chi connectivity index (χ2n) is 12.0. The summed E-state index contributed by atoms with van der Waals surface area (Å²) in [5, 5.41) is 11.7. The molecule has 4 fully saturated rings. The Morgan fingerprint density at radius 2 is 1.84 bits per heavy atom. The average molecular weight is 511 g/mol. The van der Waals surface area contributed by atoms with Gasteiger partial charge in [0.1, 0.15) is 0 Å². The number of Topliss-reactive ketones (excluding diaryl/α,β-unsaturated/α-hetero) is 1. The molecule has 0 aromatic heterocycles. The number of methoxy groups -OCH3 is 1. The number of carbonyl (C=O) groups is 3. The van der Waals surface area contributed by atoms with Gasteiger partial charge in [-0.2, -0.15) is 0 Å². The summed E-state index contributed by atoms with van der Waals surface area (Å²) in [6.45, 7) is 10.4. The third-order valence-electron chi connectivity index (χ3n) is 10.9. The van der Waals surface area contributed by atoms with E-state index in [2.05, 4.69) is 25.5 Å². The highest BCUT2D eigenvalue weighted by Gasteiger charge is 2.87. The first kappa shape index (κ1) is 26.1. The third-order valence-corrected chi connectivity index (χ3v) is 10.9. The van der Waals surface area contributed by atoms with Crippen molar-refractivity contribution in [3.05, 3.63) is 47.0 Å². The van der Waals surface area contributed by atoms with Crippen LogP contribution in [0, 0.1) is 28.1 Å². The number of ether oxygens (including phenoxy) is 3. The van der Waals surface area contributed by atoms with Crippen molar-refractivity contribution in [2.45, 2.75) is 78.1 Å². The molecule has 1 heterocycles. The van der Waals surface area contributed by atoms with Gasteiger partial charge in [-0.25, -0.2) is 4.79 Å². The van der Waals surface area contributed by atoms with Gasteiger partial charge in [0.25, 0.3) is 0 Å². The predicted molar refractivity (Wildman–Crippen MR) is 136 cm³/mol. The van der Waals surface area contributed by atoms with Crippen LogP contribution in [-0.2, 0) is 23.8 Å². The van der Waals surface area contributed by atoms with Crippen molar-refractivity contribution in [1.82, 2.24) is 0 Å². The van der Waals surface area contributed by atoms with Crippen molar-refractivity contribution in [3.8, 4) is 0 Å². The Balaban J connectivity index is 0.000000237. The molecule has 8 atom stereocenters. The largest absolute Gasteiger partial charge is 0.465 e. The molecule has 1 aromatic rings. The third kappa shape index (κ3) is 3.10. The van der Waals surface area contributed by atoms with Gasteiger partial charge < -0.3 is 19.3 Å². The molecule has 7 heteroatoms. The first-order valence-electron chi connectivity index (χ1n) is 13.3. The topological polar surface area (TPSA) is 99.1 Å². The fourth-order valence-corrected chi connectivity index (χ4v) is 8.87. The molecule has 1 N–H and O–H groups in total. The van der Waals surface area contributed by atoms with Gasteiger partial charge in [0, 0.05) is 29.1 Å². The summed E-state index contributed by atoms with van der Waals surface area (Å²) in [6, 6.07) is 8.88. The van der Waals surface area contributed by atoms with Crippen LogP contribution in [0.5, 0.6) is 0 Å². The summed E-state index contributed by atoms with van der Waals surface area (Å²) in [6.07, 6.45) is 2.28. The second-order valence-corrected chi connectivity index (χ2v) is 12.0. The highest BCUT2D eigenvalue weighted by atomic mass is 16.5. The average Bonchev–Trinajstić information content (AvgIpc) is 2.85. The number of rotatable bonds is 2. The fraction of sp³-hybridized carbons (Fsp3) is 0.633. The van der Waals surface area contributed by atoms with Gasteiger partial charge >= 0.3 is 11.9 Å². The minimum atomic E-state index is -0.863. The molecule has 2 unspecified atom stereocenters. The van der Waals surface area contributed by atoms with E-state index in [9.17, 15) is 19.5 Å². The summed E-state index contributed by atoms with van der Waals surface area (Å²) < 4.78 is 16.1. The van der Waals surface area contributed by atoms with Crippen LogP contribution in [0.1, 0.15) is 70.7 Å². The molecule has 0 radical (unpaired) electrons. The van der Waals surface area contributed by atoms with E-state index in [-0.39, 0.29) is 35.1 Å². The number of esters is 2. The monoisotopic (exact) mass is 510 g/mol. The Bertz CT molecular complexity index is 1170. The van der Waals surface area contributed by atoms with E-state index >= 15 is 0 Å². The van der Waals surface area contributed by atoms with Crippen LogP contribution in [0.25, 0.3) is 0 Å². The highest BCUT2D eigenvalue weighted by Crippen LogP contribution is 2.84. The summed E-state index contributed by atoms with van der Waals surface area (Å²) in [4.78, 5) is 36.6. The van der Waals surface area contributed by atoms with Gasteiger partial charge in [0.2, 0.25) is 0 Å². The van der Waals surface area contributed by atoms with Crippen LogP contribution in [0.2, 0.25) is 0 Å². The number of fused-ring (bicyclic) bond motifs is 1. The molecular weight excluding hydrogens is 472 g/mol. The van der Waals surface area contributed by atoms with Gasteiger partial charge in [0.15, 0.2) is 11.9 Å². The molecule has 5 aliphatic rings. The van der Waals surface area contributed by atoms with Crippen molar-refractivity contribution >= 4 is 17.7 Å². The standard InChI is InChI=1S/C22H30O5.C8H8O2/c1-11-6-7-21(25)10-22-14-9-26-15(14)8-12(2)19(22,4)18(24)17(27-13(3)23)16(11)20(21,22)5;1-10-8(9)7-5-3-2-4-6-7/h12,14-15,17,25H,6-10H2,1-5H3;2-6H,1H3/t12?,14-,15-,17-,19+,20+,21-,22?;/m1./s1. The van der Waals surface area contributed by atoms with Crippen LogP contribution < -0.4 is 0 Å². The molecule has 4 aliphatic carbocycles. The lowest BCUT2D eigenvalue weighted by Gasteiger charge is -2.83. The number of carbonyl (C=O) groups excluding carboxylic acids is 3. The molecule has 7 nitrogen and oxygen atoms in total. The van der Waals surface area contributed by atoms with Gasteiger partial charge in [-0.3, -0.25) is 9.59 Å². The van der Waals surface area contributed by atoms with Gasteiger partial charge in [-0.05, 0) is 56.2 Å². The maximum atomic E-state index is 13.9. The van der Waals surface area contributed by atoms with E-state index < -0.39 is 28.5 Å². The zero-order chi connectivity index (χ0) is 27.0. The van der Waals surface area contributed by atoms with Crippen LogP contribution in [0.3, 0.4) is 0 Å². The zero-order valence-corrected chi connectivity index (χ0v) is 22.6. The summed E-state index contributed by atoms with van der Waals surface area (Å²) in [5.74, 6) is -0.288. The predicted octanol–water partition coefficient (Wildman–Crippen LogP) is 4.27. The number of benzene rings is 1. The molecule has 3 saturated carbocycles. The van der Waals surface area contributed by atoms with E-state index in [4.69, 9.17) is 9.47 Å². The maximum Gasteiger partial charge on any atom is 0.337 e. The lowest BCUT2D eigenvalue weighted by atomic mass is 9.22. The summed E-state index contributed by atoms with van der Waals surface area (Å²) >= 11 is 0. The number of hydrogen-bond donors (Lipinski definition) is 1. The van der Waals surface area contributed by atoms with E-state index in [0.717, 1.165) is 24.0 Å². The van der Waals surface area contributed by atoms with Crippen molar-refractivity contribution in [2.75, 3.05) is 13.7 Å². The van der Waals surface area contributed by atoms with Crippen molar-refractivity contribution < 1.29 is 33.7 Å². The van der Waals surface area contributed by atoms with E-state index in [1.54, 1.807) is 24.3 Å². The second kappa shape index (κ2) is 8.50. The molecule has 6 rings (SSSR count). The molecule has 1 aromatic carbocycles. The van der Waals surface area contributed by atoms with Gasteiger partial charge in [0.05, 0.1) is 31.0 Å². The highest BCUT2D eigenvalue weighted by molar-refractivity contribution is 5.97. The first-order valence-corrected chi connectivity index (χ1v) is 13.3. The van der Waals surface area contributed by atoms with Crippen molar-refractivity contribution in [2.24, 2.45) is 28.1 Å². The Morgan fingerprint density at radius 1 is 1.16 bits per heavy atom. The van der Waals surface area contributed by atoms with Crippen molar-refractivity contribution in [3.63, 3.8) is 0 Å². The molecule has 0 bridgehead atoms. The van der Waals surface area contributed by atoms with E-state index in [1.807, 2.05) is 13.0 Å². The van der Waals surface area contributed by atoms with Crippen LogP contribution in [0.15, 0.2) is 41.5 Å². The minimum Gasteiger partial charge on any atom is -0.465 e. The molecule has 37 heavy (non-hydrogen) atoms. The SMILES string of the molecule is CC(=O)O[C@H]1C(=O)[C@]2(C)C(C)C[C@H]3OC[C@H]3C23C[C@]2(O)CCC(C)=C1[C@]32C.COC(=O)c1ccccc1. The van der Waals surface area contributed by atoms with Gasteiger partial charge in [-0.1, -0.05) is 44.5 Å². The minimum absolute atomic E-state index is 0.0336. The molecule has 1 spiro atoms. The number of ketones is 1. The van der Waals surface area contributed by atoms with Crippen LogP contribution >= 0.6 is 0 Å². The first-order chi connectivity index (χ1) is 17.4. The molecular formula is C30H38O7. The lowest BCUT2D eigenvalue weighted by Crippen LogP contribution is -2.87. The Hall–Kier alpha value is -2.51. The lowest BCUT2D eigenvalue weighted by molar-refractivity contribution is -0.380. The normalized spacial score (nSPS) is 42.9. The zero-order valence-electron chi connectivity index (χ0n) is 22.6. The Labute approximate surface area is 218 Å². The maximum absolute atomic E-state index is 13.9. The summed E-state index contributed by atoms with van der Waals surface area (Å²) in [7, 11) is 1.37. The van der Waals surface area contributed by atoms with Crippen LogP contribution in [0.4, 0.5) is 0 Å².